The molecule has 0 radical (unpaired) electrons. The third kappa shape index (κ3) is 2.99. The largest absolute Gasteiger partial charge is 0.0622 e. The van der Waals surface area contributed by atoms with E-state index in [0.29, 0.717) is 0 Å². The average Bonchev–Trinajstić information content (AvgIpc) is 3.24. The summed E-state index contributed by atoms with van der Waals surface area (Å²) in [4.78, 5) is 0. The highest BCUT2D eigenvalue weighted by Crippen LogP contribution is 2.49. The molecule has 0 N–H and O–H groups in total. The van der Waals surface area contributed by atoms with Crippen molar-refractivity contribution in [3.63, 3.8) is 0 Å². The van der Waals surface area contributed by atoms with Crippen molar-refractivity contribution in [1.29, 1.82) is 0 Å². The van der Waals surface area contributed by atoms with Crippen LogP contribution in [0, 0.1) is 6.92 Å². The van der Waals surface area contributed by atoms with Crippen LogP contribution in [0.25, 0.3) is 33.5 Å². The zero-order valence-corrected chi connectivity index (χ0v) is 18.1. The number of hydrogen-bond donors (Lipinski definition) is 0. The molecule has 0 saturated heterocycles. The van der Waals surface area contributed by atoms with Crippen molar-refractivity contribution in [3.05, 3.63) is 143 Å². The molecule has 152 valence electrons. The molecule has 0 bridgehead atoms. The standard InChI is InChI=1S/C32H24/c1-22-29(20-25-16-8-10-18-27(25)31(22)24-14-6-3-7-15-24)32-28-19-11-9-17-26(28)21-30(32)23-12-4-2-5-13-23/h2-21,32H,1H3. The summed E-state index contributed by atoms with van der Waals surface area (Å²) in [6.45, 7) is 2.30. The maximum absolute atomic E-state index is 2.42. The van der Waals surface area contributed by atoms with E-state index in [1.165, 1.54) is 55.3 Å². The SMILES string of the molecule is Cc1c(C2C(c3ccccc3)=Cc3ccccc32)cc2ccccc2c1-c1ccccc1. The van der Waals surface area contributed by atoms with Crippen molar-refractivity contribution in [2.45, 2.75) is 12.8 Å². The van der Waals surface area contributed by atoms with E-state index in [2.05, 4.69) is 128 Å². The van der Waals surface area contributed by atoms with Gasteiger partial charge in [-0.25, -0.2) is 0 Å². The molecule has 6 rings (SSSR count). The summed E-state index contributed by atoms with van der Waals surface area (Å²) in [5.74, 6) is 0.223. The molecular weight excluding hydrogens is 384 g/mol. The highest BCUT2D eigenvalue weighted by Gasteiger charge is 2.30. The Balaban J connectivity index is 1.66. The second kappa shape index (κ2) is 7.66. The van der Waals surface area contributed by atoms with Crippen LogP contribution in [-0.4, -0.2) is 0 Å². The molecule has 0 heterocycles. The Morgan fingerprint density at radius 2 is 1.19 bits per heavy atom. The van der Waals surface area contributed by atoms with Gasteiger partial charge in [0.25, 0.3) is 0 Å². The first-order chi connectivity index (χ1) is 15.8. The Kier molecular flexibility index (Phi) is 4.51. The Morgan fingerprint density at radius 3 is 1.97 bits per heavy atom. The van der Waals surface area contributed by atoms with Gasteiger partial charge in [0.15, 0.2) is 0 Å². The topological polar surface area (TPSA) is 0 Å². The summed E-state index contributed by atoms with van der Waals surface area (Å²) < 4.78 is 0. The summed E-state index contributed by atoms with van der Waals surface area (Å²) in [5, 5.41) is 2.61. The number of benzene rings is 5. The van der Waals surface area contributed by atoms with E-state index in [9.17, 15) is 0 Å². The number of fused-ring (bicyclic) bond motifs is 2. The lowest BCUT2D eigenvalue weighted by atomic mass is 9.79. The average molecular weight is 409 g/mol. The van der Waals surface area contributed by atoms with Crippen molar-refractivity contribution in [1.82, 2.24) is 0 Å². The van der Waals surface area contributed by atoms with Gasteiger partial charge in [0.2, 0.25) is 0 Å². The van der Waals surface area contributed by atoms with Crippen LogP contribution < -0.4 is 0 Å². The lowest BCUT2D eigenvalue weighted by Gasteiger charge is -2.23. The highest BCUT2D eigenvalue weighted by molar-refractivity contribution is 6.01. The Labute approximate surface area is 189 Å². The molecule has 0 saturated carbocycles. The maximum atomic E-state index is 2.42. The monoisotopic (exact) mass is 408 g/mol. The van der Waals surface area contributed by atoms with Crippen LogP contribution in [0.1, 0.15) is 33.7 Å². The minimum Gasteiger partial charge on any atom is -0.0622 e. The molecule has 32 heavy (non-hydrogen) atoms. The van der Waals surface area contributed by atoms with E-state index >= 15 is 0 Å². The summed E-state index contributed by atoms with van der Waals surface area (Å²) >= 11 is 0. The Morgan fingerprint density at radius 1 is 0.562 bits per heavy atom. The van der Waals surface area contributed by atoms with Crippen LogP contribution in [0.15, 0.2) is 115 Å². The summed E-state index contributed by atoms with van der Waals surface area (Å²) in [6, 6.07) is 41.7. The molecule has 0 nitrogen and oxygen atoms in total. The van der Waals surface area contributed by atoms with Gasteiger partial charge in [0, 0.05) is 5.92 Å². The lowest BCUT2D eigenvalue weighted by Crippen LogP contribution is -2.05. The first kappa shape index (κ1) is 18.8. The van der Waals surface area contributed by atoms with Gasteiger partial charge >= 0.3 is 0 Å². The van der Waals surface area contributed by atoms with Crippen LogP contribution in [0.3, 0.4) is 0 Å². The fourth-order valence-electron chi connectivity index (χ4n) is 5.29. The first-order valence-electron chi connectivity index (χ1n) is 11.2. The molecule has 0 spiro atoms. The zero-order chi connectivity index (χ0) is 21.5. The Hall–Kier alpha value is -3.90. The summed E-state index contributed by atoms with van der Waals surface area (Å²) in [6.07, 6.45) is 2.38. The van der Waals surface area contributed by atoms with Crippen molar-refractivity contribution in [2.75, 3.05) is 0 Å². The summed E-state index contributed by atoms with van der Waals surface area (Å²) in [5.41, 5.74) is 10.8. The van der Waals surface area contributed by atoms with E-state index in [-0.39, 0.29) is 5.92 Å². The van der Waals surface area contributed by atoms with Crippen LogP contribution in [0.5, 0.6) is 0 Å². The van der Waals surface area contributed by atoms with Gasteiger partial charge in [-0.15, -0.1) is 0 Å². The quantitative estimate of drug-likeness (QED) is 0.281. The normalized spacial score (nSPS) is 14.9. The molecule has 1 atom stereocenters. The van der Waals surface area contributed by atoms with Gasteiger partial charge < -0.3 is 0 Å². The minimum atomic E-state index is 0.223. The van der Waals surface area contributed by atoms with Gasteiger partial charge in [0.05, 0.1) is 0 Å². The van der Waals surface area contributed by atoms with E-state index < -0.39 is 0 Å². The van der Waals surface area contributed by atoms with E-state index in [1.807, 2.05) is 0 Å². The smallest absolute Gasteiger partial charge is 0.0355 e. The molecule has 0 aliphatic heterocycles. The third-order valence-corrected chi connectivity index (χ3v) is 6.76. The fourth-order valence-corrected chi connectivity index (χ4v) is 5.29. The van der Waals surface area contributed by atoms with Crippen molar-refractivity contribution < 1.29 is 0 Å². The van der Waals surface area contributed by atoms with E-state index in [0.717, 1.165) is 0 Å². The molecule has 5 aromatic rings. The molecule has 1 aliphatic carbocycles. The summed E-state index contributed by atoms with van der Waals surface area (Å²) in [7, 11) is 0. The van der Waals surface area contributed by atoms with Crippen LogP contribution >= 0.6 is 0 Å². The predicted octanol–water partition coefficient (Wildman–Crippen LogP) is 8.50. The second-order valence-corrected chi connectivity index (χ2v) is 8.58. The molecule has 5 aromatic carbocycles. The van der Waals surface area contributed by atoms with Crippen molar-refractivity contribution >= 4 is 22.4 Å². The van der Waals surface area contributed by atoms with Gasteiger partial charge in [-0.05, 0) is 74.4 Å². The molecule has 0 amide bonds. The Bertz CT molecular complexity index is 1460. The minimum absolute atomic E-state index is 0.223. The number of rotatable bonds is 3. The van der Waals surface area contributed by atoms with Crippen LogP contribution in [0.4, 0.5) is 0 Å². The maximum Gasteiger partial charge on any atom is 0.0355 e. The van der Waals surface area contributed by atoms with Crippen LogP contribution in [0.2, 0.25) is 0 Å². The van der Waals surface area contributed by atoms with E-state index in [1.54, 1.807) is 0 Å². The number of hydrogen-bond acceptors (Lipinski definition) is 0. The predicted molar refractivity (Wildman–Crippen MR) is 137 cm³/mol. The molecule has 1 unspecified atom stereocenters. The van der Waals surface area contributed by atoms with E-state index in [4.69, 9.17) is 0 Å². The first-order valence-corrected chi connectivity index (χ1v) is 11.2. The number of allylic oxidation sites excluding steroid dienone is 1. The van der Waals surface area contributed by atoms with Crippen molar-refractivity contribution in [3.8, 4) is 11.1 Å². The van der Waals surface area contributed by atoms with Gasteiger partial charge in [-0.2, -0.15) is 0 Å². The highest BCUT2D eigenvalue weighted by atomic mass is 14.3. The zero-order valence-electron chi connectivity index (χ0n) is 18.1. The molecule has 0 heteroatoms. The molecule has 0 fully saturated rings. The van der Waals surface area contributed by atoms with Gasteiger partial charge in [-0.3, -0.25) is 0 Å². The van der Waals surface area contributed by atoms with Gasteiger partial charge in [0.1, 0.15) is 0 Å². The molecule has 1 aliphatic rings. The molecular formula is C32H24. The fraction of sp³-hybridized carbons (Fsp3) is 0.0625. The molecule has 0 aromatic heterocycles. The van der Waals surface area contributed by atoms with Crippen molar-refractivity contribution in [2.24, 2.45) is 0 Å². The lowest BCUT2D eigenvalue weighted by molar-refractivity contribution is 1.05. The van der Waals surface area contributed by atoms with Gasteiger partial charge in [-0.1, -0.05) is 109 Å². The van der Waals surface area contributed by atoms with Crippen LogP contribution in [-0.2, 0) is 0 Å². The third-order valence-electron chi connectivity index (χ3n) is 6.76. The second-order valence-electron chi connectivity index (χ2n) is 8.58.